The first-order valence-corrected chi connectivity index (χ1v) is 14.0. The zero-order valence-electron chi connectivity index (χ0n) is 22.4. The third-order valence-electron chi connectivity index (χ3n) is 9.27. The van der Waals surface area contributed by atoms with Crippen molar-refractivity contribution in [3.05, 3.63) is 82.5 Å². The number of likely N-dealkylation sites (tertiary alicyclic amines) is 1. The molecule has 2 aromatic heterocycles. The van der Waals surface area contributed by atoms with Gasteiger partial charge < -0.3 is 0 Å². The first-order chi connectivity index (χ1) is 19.2. The Morgan fingerprint density at radius 2 is 2.02 bits per heavy atom. The molecule has 10 heteroatoms. The van der Waals surface area contributed by atoms with Gasteiger partial charge in [0.05, 0.1) is 34.9 Å². The van der Waals surface area contributed by atoms with Gasteiger partial charge in [0.1, 0.15) is 0 Å². The smallest absolute Gasteiger partial charge is 0.298 e. The Morgan fingerprint density at radius 3 is 2.67 bits per heavy atom. The number of nitrogens with zero attached hydrogens (tertiary/aromatic N) is 6. The molecule has 0 bridgehead atoms. The summed E-state index contributed by atoms with van der Waals surface area (Å²) >= 11 is 0. The fourth-order valence-corrected chi connectivity index (χ4v) is 6.66. The van der Waals surface area contributed by atoms with Gasteiger partial charge in [0, 0.05) is 31.9 Å². The van der Waals surface area contributed by atoms with Gasteiger partial charge in [-0.25, -0.2) is 9.37 Å². The van der Waals surface area contributed by atoms with Gasteiger partial charge in [0.25, 0.3) is 0 Å². The maximum absolute atomic E-state index is 14.3. The third-order valence-corrected chi connectivity index (χ3v) is 9.27. The van der Waals surface area contributed by atoms with Gasteiger partial charge in [-0.3, -0.25) is 13.9 Å². The largest absolute Gasteiger partial charge is 0.418 e. The highest BCUT2D eigenvalue weighted by atomic mass is 19.4. The van der Waals surface area contributed by atoms with Crippen LogP contribution >= 0.6 is 0 Å². The molecule has 2 aromatic rings. The van der Waals surface area contributed by atoms with E-state index in [1.807, 2.05) is 36.3 Å². The molecule has 0 N–H and O–H groups in total. The second kappa shape index (κ2) is 9.39. The molecule has 0 unspecified atom stereocenters. The van der Waals surface area contributed by atoms with E-state index >= 15 is 0 Å². The number of aromatic nitrogens is 2. The van der Waals surface area contributed by atoms with Gasteiger partial charge in [-0.2, -0.15) is 13.2 Å². The minimum atomic E-state index is -4.59. The van der Waals surface area contributed by atoms with E-state index in [4.69, 9.17) is 0 Å². The van der Waals surface area contributed by atoms with E-state index in [1.165, 1.54) is 34.1 Å². The Kier molecular flexibility index (Phi) is 6.03. The van der Waals surface area contributed by atoms with Gasteiger partial charge in [-0.05, 0) is 84.5 Å². The standard InChI is InChI=1S/C30H32F3N6O/c1-36-19-34-35-27(36)26(21-6-4-7-21)22-5-2-3-8-23(14-22)38-17-25-24(30(31,32)33)13-20(16-39(25)28(38)40)15-37-12-11-29(18-37)9-10-29/h2-3,5,8,13-14,16-17,19,21,26H,4,6-7,9-12,15,18H2,1H3/q+1/t26-/m1/s1. The summed E-state index contributed by atoms with van der Waals surface area (Å²) in [5.74, 6) is 0.371. The summed E-state index contributed by atoms with van der Waals surface area (Å²) < 4.78 is 47.3. The van der Waals surface area contributed by atoms with Gasteiger partial charge in [-0.1, -0.05) is 18.6 Å². The average Bonchev–Trinajstić information content (AvgIpc) is 3.27. The van der Waals surface area contributed by atoms with Crippen LogP contribution in [0.3, 0.4) is 0 Å². The summed E-state index contributed by atoms with van der Waals surface area (Å²) in [5, 5.41) is 8.47. The zero-order chi connectivity index (χ0) is 27.6. The highest BCUT2D eigenvalue weighted by Gasteiger charge is 2.47. The zero-order valence-corrected chi connectivity index (χ0v) is 22.4. The van der Waals surface area contributed by atoms with Crippen molar-refractivity contribution in [3.63, 3.8) is 0 Å². The van der Waals surface area contributed by atoms with E-state index in [0.717, 1.165) is 50.5 Å². The summed E-state index contributed by atoms with van der Waals surface area (Å²) in [6.45, 7) is 2.20. The van der Waals surface area contributed by atoms with Crippen molar-refractivity contribution in [1.29, 1.82) is 0 Å². The summed E-state index contributed by atoms with van der Waals surface area (Å²) in [4.78, 5) is 15.9. The van der Waals surface area contributed by atoms with Crippen LogP contribution in [0.2, 0.25) is 0 Å². The van der Waals surface area contributed by atoms with Crippen molar-refractivity contribution in [3.8, 4) is 0 Å². The summed E-state index contributed by atoms with van der Waals surface area (Å²) in [6, 6.07) is 1.22. The SMILES string of the molecule is C[N+]1=CN=N[C]1[C@@H](C1=C[CH]C=CC(n2cc3c(C(F)(F)F)cc(CN4CCC5(CC5)C4)cn3c2=O)=C1)C1CCC1. The lowest BCUT2D eigenvalue weighted by molar-refractivity contribution is -0.483. The predicted molar refractivity (Wildman–Crippen MR) is 145 cm³/mol. The van der Waals surface area contributed by atoms with Crippen molar-refractivity contribution < 1.29 is 17.7 Å². The molecule has 2 saturated carbocycles. The minimum Gasteiger partial charge on any atom is -0.298 e. The van der Waals surface area contributed by atoms with Crippen molar-refractivity contribution in [2.75, 3.05) is 20.1 Å². The van der Waals surface area contributed by atoms with E-state index in [9.17, 15) is 18.0 Å². The Morgan fingerprint density at radius 1 is 1.20 bits per heavy atom. The molecule has 1 spiro atoms. The second-order valence-corrected chi connectivity index (χ2v) is 12.0. The van der Waals surface area contributed by atoms with Crippen molar-refractivity contribution in [1.82, 2.24) is 13.9 Å². The quantitative estimate of drug-likeness (QED) is 0.435. The van der Waals surface area contributed by atoms with Crippen molar-refractivity contribution in [2.24, 2.45) is 27.5 Å². The first kappa shape index (κ1) is 25.7. The van der Waals surface area contributed by atoms with Gasteiger partial charge in [0.15, 0.2) is 0 Å². The van der Waals surface area contributed by atoms with Crippen molar-refractivity contribution >= 4 is 17.6 Å². The molecule has 3 aliphatic carbocycles. The second-order valence-electron chi connectivity index (χ2n) is 12.0. The third kappa shape index (κ3) is 4.50. The molecule has 5 aliphatic rings. The molecule has 7 rings (SSSR count). The molecule has 40 heavy (non-hydrogen) atoms. The van der Waals surface area contributed by atoms with Gasteiger partial charge in [0.2, 0.25) is 0 Å². The molecule has 2 radical (unpaired) electrons. The van der Waals surface area contributed by atoms with Crippen LogP contribution in [0, 0.1) is 29.8 Å². The summed E-state index contributed by atoms with van der Waals surface area (Å²) in [5.41, 5.74) is 0.918. The van der Waals surface area contributed by atoms with Crippen LogP contribution in [0.25, 0.3) is 11.2 Å². The van der Waals surface area contributed by atoms with E-state index in [2.05, 4.69) is 15.1 Å². The Bertz CT molecular complexity index is 1560. The Balaban J connectivity index is 1.28. The van der Waals surface area contributed by atoms with Crippen LogP contribution in [-0.4, -0.2) is 44.9 Å². The van der Waals surface area contributed by atoms with Crippen LogP contribution in [-0.2, 0) is 12.7 Å². The minimum absolute atomic E-state index is 0.0207. The molecular formula is C30H32F3N6O+. The lowest BCUT2D eigenvalue weighted by atomic mass is 9.71. The van der Waals surface area contributed by atoms with Gasteiger partial charge in [-0.15, -0.1) is 0 Å². The molecule has 7 nitrogen and oxygen atoms in total. The number of fused-ring (bicyclic) bond motifs is 1. The van der Waals surface area contributed by atoms with E-state index in [-0.39, 0.29) is 11.4 Å². The number of hydrogen-bond acceptors (Lipinski definition) is 4. The molecular weight excluding hydrogens is 517 g/mol. The number of alkyl halides is 3. The topological polar surface area (TPSA) is 57.4 Å². The molecule has 4 heterocycles. The summed E-state index contributed by atoms with van der Waals surface area (Å²) in [7, 11) is 1.92. The molecule has 0 amide bonds. The lowest BCUT2D eigenvalue weighted by Crippen LogP contribution is -2.31. The number of rotatable bonds is 6. The van der Waals surface area contributed by atoms with Crippen LogP contribution in [0.5, 0.6) is 0 Å². The summed E-state index contributed by atoms with van der Waals surface area (Å²) in [6.07, 6.45) is 17.0. The van der Waals surface area contributed by atoms with Gasteiger partial charge >= 0.3 is 24.4 Å². The molecule has 1 atom stereocenters. The number of azo groups is 1. The molecule has 208 valence electrons. The number of imidazole rings is 1. The number of halogens is 3. The van der Waals surface area contributed by atoms with E-state index in [1.54, 1.807) is 18.6 Å². The van der Waals surface area contributed by atoms with Crippen molar-refractivity contribution in [2.45, 2.75) is 51.2 Å². The highest BCUT2D eigenvalue weighted by Crippen LogP contribution is 2.53. The molecule has 2 aliphatic heterocycles. The fraction of sp³-hybridized carbons (Fsp3) is 0.467. The van der Waals surface area contributed by atoms with Crippen LogP contribution in [0.1, 0.15) is 49.7 Å². The maximum Gasteiger partial charge on any atom is 0.418 e. The number of allylic oxidation sites excluding steroid dienone is 5. The first-order valence-electron chi connectivity index (χ1n) is 14.0. The molecule has 0 aromatic carbocycles. The maximum atomic E-state index is 14.3. The number of pyridine rings is 1. The van der Waals surface area contributed by atoms with Crippen LogP contribution in [0.4, 0.5) is 13.2 Å². The van der Waals surface area contributed by atoms with E-state index < -0.39 is 17.4 Å². The van der Waals surface area contributed by atoms with Crippen LogP contribution in [0.15, 0.2) is 63.4 Å². The van der Waals surface area contributed by atoms with Crippen LogP contribution < -0.4 is 5.69 Å². The highest BCUT2D eigenvalue weighted by molar-refractivity contribution is 5.67. The Hall–Kier alpha value is -3.27. The lowest BCUT2D eigenvalue weighted by Gasteiger charge is -2.34. The predicted octanol–water partition coefficient (Wildman–Crippen LogP) is 5.69. The molecule has 1 saturated heterocycles. The van der Waals surface area contributed by atoms with E-state index in [0.29, 0.717) is 29.1 Å². The number of hydrogen-bond donors (Lipinski definition) is 0. The molecule has 3 fully saturated rings. The normalized spacial score (nSPS) is 23.9. The Labute approximate surface area is 230 Å². The monoisotopic (exact) mass is 549 g/mol. The fourth-order valence-electron chi connectivity index (χ4n) is 6.66. The average molecular weight is 550 g/mol.